The Hall–Kier alpha value is -4.12. The fourth-order valence-corrected chi connectivity index (χ4v) is 5.08. The number of tetrazole rings is 1. The van der Waals surface area contributed by atoms with Crippen molar-refractivity contribution in [2.75, 3.05) is 6.54 Å². The number of aryl methyl sites for hydroxylation is 1. The number of thiophene rings is 1. The van der Waals surface area contributed by atoms with E-state index in [1.807, 2.05) is 37.4 Å². The molecule has 11 heteroatoms. The Kier molecular flexibility index (Phi) is 5.56. The molecule has 0 spiro atoms. The van der Waals surface area contributed by atoms with Crippen molar-refractivity contribution in [3.05, 3.63) is 81.6 Å². The molecule has 0 saturated carbocycles. The molecule has 1 atom stereocenters. The molecule has 1 aromatic carbocycles. The Bertz CT molecular complexity index is 1430. The van der Waals surface area contributed by atoms with Gasteiger partial charge in [-0.15, -0.1) is 16.4 Å². The van der Waals surface area contributed by atoms with Gasteiger partial charge in [-0.1, -0.05) is 18.2 Å². The van der Waals surface area contributed by atoms with Crippen LogP contribution >= 0.6 is 11.3 Å². The second kappa shape index (κ2) is 8.58. The molecule has 1 N–H and O–H groups in total. The maximum absolute atomic E-state index is 13.4. The molecule has 178 valence electrons. The zero-order valence-corrected chi connectivity index (χ0v) is 20.2. The number of carbonyl (C=O) groups is 3. The van der Waals surface area contributed by atoms with Crippen LogP contribution in [0.1, 0.15) is 39.1 Å². The number of nitrogens with zero attached hydrogens (tertiary/aromatic N) is 6. The van der Waals surface area contributed by atoms with Crippen LogP contribution in [0.2, 0.25) is 0 Å². The number of hydrogen-bond donors (Lipinski definition) is 1. The number of ketones is 1. The summed E-state index contributed by atoms with van der Waals surface area (Å²) in [6.45, 7) is 5.79. The highest BCUT2D eigenvalue weighted by Gasteiger charge is 2.49. The number of hydrogen-bond acceptors (Lipinski definition) is 7. The predicted octanol–water partition coefficient (Wildman–Crippen LogP) is 2.84. The van der Waals surface area contributed by atoms with Gasteiger partial charge in [0.2, 0.25) is 0 Å². The van der Waals surface area contributed by atoms with Crippen LogP contribution < -0.4 is 5.32 Å². The van der Waals surface area contributed by atoms with Crippen molar-refractivity contribution in [1.82, 2.24) is 35.0 Å². The van der Waals surface area contributed by atoms with Crippen molar-refractivity contribution in [1.29, 1.82) is 0 Å². The Balaban J connectivity index is 1.38. The van der Waals surface area contributed by atoms with Gasteiger partial charge in [0.15, 0.2) is 5.78 Å². The second-order valence-electron chi connectivity index (χ2n) is 8.62. The van der Waals surface area contributed by atoms with Crippen molar-refractivity contribution in [3.63, 3.8) is 0 Å². The van der Waals surface area contributed by atoms with E-state index < -0.39 is 17.5 Å². The van der Waals surface area contributed by atoms with E-state index >= 15 is 0 Å². The lowest BCUT2D eigenvalue weighted by atomic mass is 9.91. The second-order valence-corrected chi connectivity index (χ2v) is 9.66. The van der Waals surface area contributed by atoms with Gasteiger partial charge < -0.3 is 9.88 Å². The number of benzene rings is 1. The number of carbonyl (C=O) groups excluding carboxylic acids is 3. The smallest absolute Gasteiger partial charge is 0.325 e. The van der Waals surface area contributed by atoms with Crippen molar-refractivity contribution in [3.8, 4) is 5.69 Å². The highest BCUT2D eigenvalue weighted by Crippen LogP contribution is 2.30. The van der Waals surface area contributed by atoms with E-state index in [4.69, 9.17) is 0 Å². The number of Topliss-reactive ketones (excluding diaryl/α,β-unsaturated/α-hetero) is 1. The average Bonchev–Trinajstić information content (AvgIpc) is 3.64. The Morgan fingerprint density at radius 2 is 1.97 bits per heavy atom. The molecular weight excluding hydrogens is 466 g/mol. The van der Waals surface area contributed by atoms with Gasteiger partial charge in [-0.05, 0) is 66.4 Å². The minimum Gasteiger partial charge on any atom is -0.343 e. The molecule has 0 unspecified atom stereocenters. The van der Waals surface area contributed by atoms with Gasteiger partial charge in [0, 0.05) is 21.8 Å². The van der Waals surface area contributed by atoms with Gasteiger partial charge in [0.1, 0.15) is 11.9 Å². The van der Waals surface area contributed by atoms with Crippen LogP contribution in [-0.4, -0.2) is 53.9 Å². The molecule has 4 heterocycles. The summed E-state index contributed by atoms with van der Waals surface area (Å²) in [5, 5.41) is 15.9. The molecule has 0 bridgehead atoms. The number of aromatic nitrogens is 5. The summed E-state index contributed by atoms with van der Waals surface area (Å²) in [7, 11) is 0. The van der Waals surface area contributed by atoms with Crippen molar-refractivity contribution in [2.45, 2.75) is 32.9 Å². The van der Waals surface area contributed by atoms with E-state index in [0.29, 0.717) is 23.4 Å². The number of rotatable bonds is 7. The molecule has 1 saturated heterocycles. The van der Waals surface area contributed by atoms with Crippen LogP contribution in [0.5, 0.6) is 0 Å². The zero-order valence-electron chi connectivity index (χ0n) is 19.4. The molecule has 4 aromatic rings. The molecule has 0 radical (unpaired) electrons. The fourth-order valence-electron chi connectivity index (χ4n) is 4.39. The van der Waals surface area contributed by atoms with Crippen LogP contribution in [0.3, 0.4) is 0 Å². The lowest BCUT2D eigenvalue weighted by Gasteiger charge is -2.22. The highest BCUT2D eigenvalue weighted by atomic mass is 32.1. The van der Waals surface area contributed by atoms with E-state index in [1.165, 1.54) is 15.9 Å². The molecular formula is C24H23N7O3S. The fraction of sp³-hybridized carbons (Fsp3) is 0.250. The summed E-state index contributed by atoms with van der Waals surface area (Å²) in [5.74, 6) is -0.775. The first kappa shape index (κ1) is 22.7. The standard InChI is InChI=1S/C24H23N7O3S/c1-15-10-20(16(2)29(15)12-19-8-5-9-35-19)21(32)13-30-22(33)24(3,26-23(30)34)17-6-4-7-18(11-17)31-14-25-27-28-31/h4-11,14H,12-13H2,1-3H3,(H,26,34)/t24-/m0/s1. The third-order valence-electron chi connectivity index (χ3n) is 6.38. The summed E-state index contributed by atoms with van der Waals surface area (Å²) >= 11 is 1.65. The molecule has 3 amide bonds. The molecule has 10 nitrogen and oxygen atoms in total. The van der Waals surface area contributed by atoms with Crippen LogP contribution in [-0.2, 0) is 16.9 Å². The molecule has 0 aliphatic carbocycles. The van der Waals surface area contributed by atoms with E-state index in [1.54, 1.807) is 42.5 Å². The van der Waals surface area contributed by atoms with Crippen molar-refractivity contribution < 1.29 is 14.4 Å². The zero-order chi connectivity index (χ0) is 24.7. The van der Waals surface area contributed by atoms with Crippen LogP contribution in [0, 0.1) is 13.8 Å². The van der Waals surface area contributed by atoms with Gasteiger partial charge in [0.05, 0.1) is 18.8 Å². The van der Waals surface area contributed by atoms with Gasteiger partial charge in [-0.25, -0.2) is 9.48 Å². The Morgan fingerprint density at radius 3 is 2.69 bits per heavy atom. The van der Waals surface area contributed by atoms with E-state index in [2.05, 4.69) is 25.4 Å². The first-order valence-electron chi connectivity index (χ1n) is 11.0. The molecule has 1 fully saturated rings. The molecule has 3 aromatic heterocycles. The van der Waals surface area contributed by atoms with Crippen LogP contribution in [0.4, 0.5) is 4.79 Å². The molecule has 5 rings (SSSR count). The van der Waals surface area contributed by atoms with Gasteiger partial charge >= 0.3 is 6.03 Å². The van der Waals surface area contributed by atoms with Crippen LogP contribution in [0.25, 0.3) is 5.69 Å². The molecule has 1 aliphatic heterocycles. The minimum atomic E-state index is -1.32. The van der Waals surface area contributed by atoms with E-state index in [9.17, 15) is 14.4 Å². The lowest BCUT2D eigenvalue weighted by molar-refractivity contribution is -0.130. The predicted molar refractivity (Wildman–Crippen MR) is 128 cm³/mol. The quantitative estimate of drug-likeness (QED) is 0.315. The molecule has 35 heavy (non-hydrogen) atoms. The monoisotopic (exact) mass is 489 g/mol. The van der Waals surface area contributed by atoms with Crippen LogP contribution in [0.15, 0.2) is 54.2 Å². The van der Waals surface area contributed by atoms with Gasteiger partial charge in [-0.2, -0.15) is 0 Å². The SMILES string of the molecule is Cc1cc(C(=O)CN2C(=O)N[C@@](C)(c3cccc(-n4cnnn4)c3)C2=O)c(C)n1Cc1cccs1. The number of imide groups is 1. The minimum absolute atomic E-state index is 0.286. The Morgan fingerprint density at radius 1 is 1.14 bits per heavy atom. The largest absolute Gasteiger partial charge is 0.343 e. The van der Waals surface area contributed by atoms with Crippen molar-refractivity contribution in [2.24, 2.45) is 0 Å². The number of urea groups is 1. The third kappa shape index (κ3) is 3.93. The van der Waals surface area contributed by atoms with E-state index in [-0.39, 0.29) is 12.3 Å². The number of nitrogens with one attached hydrogen (secondary N) is 1. The van der Waals surface area contributed by atoms with Gasteiger partial charge in [0.25, 0.3) is 5.91 Å². The lowest BCUT2D eigenvalue weighted by Crippen LogP contribution is -2.41. The Labute approximate surface area is 205 Å². The topological polar surface area (TPSA) is 115 Å². The van der Waals surface area contributed by atoms with E-state index in [0.717, 1.165) is 16.3 Å². The summed E-state index contributed by atoms with van der Waals surface area (Å²) in [5.41, 5.74) is 2.15. The maximum atomic E-state index is 13.4. The summed E-state index contributed by atoms with van der Waals surface area (Å²) in [6, 6.07) is 12.3. The van der Waals surface area contributed by atoms with Crippen molar-refractivity contribution >= 4 is 29.1 Å². The first-order chi connectivity index (χ1) is 16.8. The summed E-state index contributed by atoms with van der Waals surface area (Å²) in [4.78, 5) is 41.6. The third-order valence-corrected chi connectivity index (χ3v) is 7.24. The summed E-state index contributed by atoms with van der Waals surface area (Å²) in [6.07, 6.45) is 1.44. The number of amides is 3. The molecule has 1 aliphatic rings. The first-order valence-corrected chi connectivity index (χ1v) is 11.9. The highest BCUT2D eigenvalue weighted by molar-refractivity contribution is 7.09. The average molecular weight is 490 g/mol. The van der Waals surface area contributed by atoms with Gasteiger partial charge in [-0.3, -0.25) is 14.5 Å². The summed E-state index contributed by atoms with van der Waals surface area (Å²) < 4.78 is 3.53. The maximum Gasteiger partial charge on any atom is 0.325 e. The normalized spacial score (nSPS) is 17.7.